The van der Waals surface area contributed by atoms with Crippen molar-refractivity contribution in [2.75, 3.05) is 224 Å². The van der Waals surface area contributed by atoms with E-state index >= 15 is 0 Å². The number of hydrogen-bond acceptors (Lipinski definition) is 27. The molecule has 27 heteroatoms. The van der Waals surface area contributed by atoms with Crippen molar-refractivity contribution in [3.8, 4) is 0 Å². The molecule has 0 fully saturated rings. The molecular weight excluding hydrogens is 876 g/mol. The van der Waals surface area contributed by atoms with Gasteiger partial charge in [-0.1, -0.05) is 15.1 Å². The Bertz CT molecular complexity index is 914. The van der Waals surface area contributed by atoms with Crippen molar-refractivity contribution in [3.63, 3.8) is 0 Å². The van der Waals surface area contributed by atoms with Crippen molar-refractivity contribution >= 4 is 0 Å². The standard InChI is InChI=1S/C38H84N6O21/c45-19-1-23-54-26-12-39(13-27-55-24-2-20-46)4-7-42(8-5-40(14-28-56-25-3-21-47)15-29-57-34-35-58-33-22-48)37-43(9-6-41(16-30-59-63-51)17-31-60-64-52)10-11-44(18-32-61-65-53)38(36-49)62-50/h38,45-53H,1-37H2. The second-order valence-electron chi connectivity index (χ2n) is 14.4. The summed E-state index contributed by atoms with van der Waals surface area (Å²) in [5, 5.41) is 93.8. The summed E-state index contributed by atoms with van der Waals surface area (Å²) in [6.45, 7) is 11.0. The SMILES string of the molecule is OCCCOCCN(CCOCCCO)CCN(CCN(CCOCCCO)CCOCCOCCO)CN(CCN(CCOOO)CCOOO)CCN(CCOOO)C(CO)OO. The van der Waals surface area contributed by atoms with E-state index in [9.17, 15) is 25.7 Å². The number of aliphatic hydroxyl groups is 5. The molecule has 0 aliphatic heterocycles. The molecule has 9 N–H and O–H groups in total. The molecule has 0 aliphatic carbocycles. The number of ether oxygens (including phenoxy) is 5. The van der Waals surface area contributed by atoms with Crippen LogP contribution >= 0.6 is 0 Å². The van der Waals surface area contributed by atoms with Gasteiger partial charge in [0.1, 0.15) is 0 Å². The van der Waals surface area contributed by atoms with Crippen LogP contribution in [-0.4, -0.2) is 306 Å². The number of nitrogens with zero attached hydrogens (tertiary/aromatic N) is 6. The van der Waals surface area contributed by atoms with E-state index in [4.69, 9.17) is 54.3 Å². The number of hydrogen-bond donors (Lipinski definition) is 9. The summed E-state index contributed by atoms with van der Waals surface area (Å²) in [5.41, 5.74) is 0. The van der Waals surface area contributed by atoms with Crippen LogP contribution in [-0.2, 0) is 58.3 Å². The van der Waals surface area contributed by atoms with Crippen LogP contribution in [0, 0.1) is 0 Å². The molecule has 0 rings (SSSR count). The van der Waals surface area contributed by atoms with Gasteiger partial charge in [-0.2, -0.15) is 0 Å². The lowest BCUT2D eigenvalue weighted by Gasteiger charge is -2.36. The first-order valence-corrected chi connectivity index (χ1v) is 22.3. The number of aliphatic hydroxyl groups excluding tert-OH is 5. The van der Waals surface area contributed by atoms with Gasteiger partial charge in [-0.15, -0.1) is 0 Å². The van der Waals surface area contributed by atoms with Crippen LogP contribution in [0.5, 0.6) is 0 Å². The van der Waals surface area contributed by atoms with Crippen molar-refractivity contribution in [1.82, 2.24) is 29.4 Å². The summed E-state index contributed by atoms with van der Waals surface area (Å²) >= 11 is 0. The summed E-state index contributed by atoms with van der Waals surface area (Å²) in [5.74, 6) is 0. The van der Waals surface area contributed by atoms with E-state index in [1.165, 1.54) is 0 Å². The van der Waals surface area contributed by atoms with Crippen molar-refractivity contribution in [3.05, 3.63) is 0 Å². The van der Waals surface area contributed by atoms with Gasteiger partial charge in [0, 0.05) is 138 Å². The molecule has 0 aromatic carbocycles. The Morgan fingerprint density at radius 2 is 0.646 bits per heavy atom. The van der Waals surface area contributed by atoms with Crippen molar-refractivity contribution in [2.24, 2.45) is 0 Å². The lowest BCUT2D eigenvalue weighted by molar-refractivity contribution is -0.493. The Hall–Kier alpha value is -1.08. The number of rotatable bonds is 55. The summed E-state index contributed by atoms with van der Waals surface area (Å²) in [7, 11) is 0. The van der Waals surface area contributed by atoms with Gasteiger partial charge in [-0.25, -0.2) is 35.3 Å². The van der Waals surface area contributed by atoms with Gasteiger partial charge in [-0.3, -0.25) is 34.7 Å². The Balaban J connectivity index is 6.59. The Morgan fingerprint density at radius 3 is 1.00 bits per heavy atom. The van der Waals surface area contributed by atoms with Crippen molar-refractivity contribution in [1.29, 1.82) is 0 Å². The van der Waals surface area contributed by atoms with E-state index < -0.39 is 12.8 Å². The Morgan fingerprint density at radius 1 is 0.308 bits per heavy atom. The van der Waals surface area contributed by atoms with Gasteiger partial charge in [-0.05, 0) is 19.3 Å². The molecule has 0 radical (unpaired) electrons. The third-order valence-corrected chi connectivity index (χ3v) is 9.74. The summed E-state index contributed by atoms with van der Waals surface area (Å²) < 4.78 is 28.5. The molecule has 0 aromatic rings. The fourth-order valence-corrected chi connectivity index (χ4v) is 6.10. The highest BCUT2D eigenvalue weighted by molar-refractivity contribution is 4.73. The smallest absolute Gasteiger partial charge is 0.169 e. The molecule has 0 aromatic heterocycles. The van der Waals surface area contributed by atoms with Crippen LogP contribution in [0.4, 0.5) is 0 Å². The van der Waals surface area contributed by atoms with Crippen LogP contribution in [0.1, 0.15) is 19.3 Å². The molecule has 27 nitrogen and oxygen atoms in total. The average Bonchev–Trinajstić information content (AvgIpc) is 3.31. The summed E-state index contributed by atoms with van der Waals surface area (Å²) in [6, 6.07) is 0. The van der Waals surface area contributed by atoms with Gasteiger partial charge in [0.25, 0.3) is 0 Å². The monoisotopic (exact) mass is 961 g/mol. The zero-order valence-electron chi connectivity index (χ0n) is 38.3. The van der Waals surface area contributed by atoms with Gasteiger partial charge < -0.3 is 49.2 Å². The van der Waals surface area contributed by atoms with Crippen LogP contribution in [0.3, 0.4) is 0 Å². The minimum Gasteiger partial charge on any atom is -0.396 e. The predicted molar refractivity (Wildman–Crippen MR) is 229 cm³/mol. The van der Waals surface area contributed by atoms with E-state index in [0.29, 0.717) is 170 Å². The quantitative estimate of drug-likeness (QED) is 0.0127. The highest BCUT2D eigenvalue weighted by Gasteiger charge is 2.22. The zero-order valence-corrected chi connectivity index (χ0v) is 38.3. The molecule has 392 valence electrons. The van der Waals surface area contributed by atoms with Gasteiger partial charge in [0.05, 0.1) is 86.0 Å². The molecule has 0 aliphatic rings. The first kappa shape index (κ1) is 63.9. The first-order chi connectivity index (χ1) is 32.0. The normalized spacial score (nSPS) is 12.8. The maximum atomic E-state index is 9.98. The van der Waals surface area contributed by atoms with Crippen LogP contribution in [0.2, 0.25) is 0 Å². The lowest BCUT2D eigenvalue weighted by atomic mass is 10.3. The largest absolute Gasteiger partial charge is 0.396 e. The lowest BCUT2D eigenvalue weighted by Crippen LogP contribution is -2.51. The maximum absolute atomic E-state index is 9.98. The van der Waals surface area contributed by atoms with E-state index in [0.717, 1.165) is 0 Å². The van der Waals surface area contributed by atoms with E-state index in [1.807, 2.05) is 4.90 Å². The van der Waals surface area contributed by atoms with Gasteiger partial charge in [0.15, 0.2) is 6.23 Å². The average molecular weight is 961 g/mol. The molecule has 1 unspecified atom stereocenters. The van der Waals surface area contributed by atoms with Crippen LogP contribution < -0.4 is 0 Å². The molecule has 0 amide bonds. The topological polar surface area (TPSA) is 312 Å². The molecule has 1 atom stereocenters. The molecular formula is C38H84N6O21. The highest BCUT2D eigenvalue weighted by atomic mass is 17.5. The molecule has 0 saturated heterocycles. The third kappa shape index (κ3) is 40.5. The third-order valence-electron chi connectivity index (χ3n) is 9.74. The molecule has 0 spiro atoms. The summed E-state index contributed by atoms with van der Waals surface area (Å²) in [4.78, 5) is 31.1. The zero-order chi connectivity index (χ0) is 47.7. The molecule has 0 bridgehead atoms. The van der Waals surface area contributed by atoms with Crippen LogP contribution in [0.15, 0.2) is 0 Å². The first-order valence-electron chi connectivity index (χ1n) is 22.3. The summed E-state index contributed by atoms with van der Waals surface area (Å²) in [6.07, 6.45) is 0.484. The van der Waals surface area contributed by atoms with E-state index in [1.54, 1.807) is 4.90 Å². The van der Waals surface area contributed by atoms with Crippen LogP contribution in [0.25, 0.3) is 0 Å². The van der Waals surface area contributed by atoms with Crippen molar-refractivity contribution in [2.45, 2.75) is 25.5 Å². The second kappa shape index (κ2) is 50.8. The highest BCUT2D eigenvalue weighted by Crippen LogP contribution is 2.06. The predicted octanol–water partition coefficient (Wildman–Crippen LogP) is -2.95. The van der Waals surface area contributed by atoms with E-state index in [-0.39, 0.29) is 65.9 Å². The Kier molecular flexibility index (Phi) is 49.9. The fourth-order valence-electron chi connectivity index (χ4n) is 6.10. The van der Waals surface area contributed by atoms with Crippen molar-refractivity contribution < 1.29 is 105 Å². The molecule has 65 heavy (non-hydrogen) atoms. The second-order valence-corrected chi connectivity index (χ2v) is 14.4. The van der Waals surface area contributed by atoms with E-state index in [2.05, 4.69) is 44.5 Å². The maximum Gasteiger partial charge on any atom is 0.169 e. The molecule has 0 saturated carbocycles. The molecule has 0 heterocycles. The van der Waals surface area contributed by atoms with Gasteiger partial charge >= 0.3 is 0 Å². The minimum absolute atomic E-state index is 0.0115. The minimum atomic E-state index is -1.11. The van der Waals surface area contributed by atoms with Gasteiger partial charge in [0.2, 0.25) is 0 Å². The fraction of sp³-hybridized carbons (Fsp3) is 1.00. The Labute approximate surface area is 383 Å².